The molecule has 15 heavy (non-hydrogen) atoms. The highest BCUT2D eigenvalue weighted by Crippen LogP contribution is 2.27. The second-order valence-electron chi connectivity index (χ2n) is 4.34. The fourth-order valence-corrected chi connectivity index (χ4v) is 2.31. The third-order valence-electron chi connectivity index (χ3n) is 2.46. The van der Waals surface area contributed by atoms with E-state index in [-0.39, 0.29) is 5.60 Å². The van der Waals surface area contributed by atoms with Gasteiger partial charge < -0.3 is 9.64 Å². The molecule has 1 saturated heterocycles. The Morgan fingerprint density at radius 1 is 1.53 bits per heavy atom. The second kappa shape index (κ2) is 4.10. The minimum Gasteiger partial charge on any atom is -0.372 e. The quantitative estimate of drug-likeness (QED) is 0.784. The number of pyridine rings is 1. The first kappa shape index (κ1) is 10.9. The summed E-state index contributed by atoms with van der Waals surface area (Å²) in [6.07, 6.45) is 1.82. The van der Waals surface area contributed by atoms with E-state index < -0.39 is 0 Å². The SMILES string of the molecule is CC1(C)CN(c2ncccc2Br)CCO1. The first-order chi connectivity index (χ1) is 7.08. The summed E-state index contributed by atoms with van der Waals surface area (Å²) in [5.41, 5.74) is -0.0881. The van der Waals surface area contributed by atoms with Gasteiger partial charge in [0.25, 0.3) is 0 Å². The van der Waals surface area contributed by atoms with E-state index in [1.54, 1.807) is 0 Å². The lowest BCUT2D eigenvalue weighted by atomic mass is 10.1. The lowest BCUT2D eigenvalue weighted by Gasteiger charge is -2.39. The number of hydrogen-bond acceptors (Lipinski definition) is 3. The van der Waals surface area contributed by atoms with Gasteiger partial charge in [-0.15, -0.1) is 0 Å². The van der Waals surface area contributed by atoms with Crippen LogP contribution in [0.2, 0.25) is 0 Å². The van der Waals surface area contributed by atoms with Gasteiger partial charge in [0, 0.05) is 19.3 Å². The fraction of sp³-hybridized carbons (Fsp3) is 0.545. The van der Waals surface area contributed by atoms with Crippen molar-refractivity contribution in [1.82, 2.24) is 4.98 Å². The molecule has 0 N–H and O–H groups in total. The van der Waals surface area contributed by atoms with Crippen LogP contribution in [0.1, 0.15) is 13.8 Å². The number of halogens is 1. The summed E-state index contributed by atoms with van der Waals surface area (Å²) >= 11 is 3.52. The zero-order valence-corrected chi connectivity index (χ0v) is 10.6. The monoisotopic (exact) mass is 270 g/mol. The van der Waals surface area contributed by atoms with E-state index in [2.05, 4.69) is 39.7 Å². The van der Waals surface area contributed by atoms with Gasteiger partial charge in [0.15, 0.2) is 0 Å². The molecule has 3 nitrogen and oxygen atoms in total. The molecule has 1 aliphatic heterocycles. The summed E-state index contributed by atoms with van der Waals surface area (Å²) in [5, 5.41) is 0. The number of hydrogen-bond donors (Lipinski definition) is 0. The van der Waals surface area contributed by atoms with Crippen LogP contribution in [0.15, 0.2) is 22.8 Å². The van der Waals surface area contributed by atoms with Crippen LogP contribution in [0.4, 0.5) is 5.82 Å². The van der Waals surface area contributed by atoms with Crippen LogP contribution in [0.25, 0.3) is 0 Å². The molecule has 0 amide bonds. The molecule has 82 valence electrons. The third kappa shape index (κ3) is 2.49. The van der Waals surface area contributed by atoms with Crippen LogP contribution >= 0.6 is 15.9 Å². The molecule has 0 spiro atoms. The van der Waals surface area contributed by atoms with Crippen molar-refractivity contribution in [2.24, 2.45) is 0 Å². The molecule has 0 aromatic carbocycles. The highest BCUT2D eigenvalue weighted by molar-refractivity contribution is 9.10. The summed E-state index contributed by atoms with van der Waals surface area (Å²) in [6, 6.07) is 3.95. The molecule has 1 aromatic rings. The van der Waals surface area contributed by atoms with Gasteiger partial charge in [-0.2, -0.15) is 0 Å². The van der Waals surface area contributed by atoms with Crippen LogP contribution < -0.4 is 4.90 Å². The summed E-state index contributed by atoms with van der Waals surface area (Å²) in [7, 11) is 0. The molecule has 1 aromatic heterocycles. The lowest BCUT2D eigenvalue weighted by Crippen LogP contribution is -2.48. The molecule has 1 aliphatic rings. The Morgan fingerprint density at radius 3 is 3.00 bits per heavy atom. The van der Waals surface area contributed by atoms with E-state index >= 15 is 0 Å². The smallest absolute Gasteiger partial charge is 0.143 e. The Balaban J connectivity index is 2.21. The molecule has 4 heteroatoms. The Morgan fingerprint density at radius 2 is 2.33 bits per heavy atom. The average Bonchev–Trinajstić information content (AvgIpc) is 2.17. The van der Waals surface area contributed by atoms with Crippen LogP contribution in [0.5, 0.6) is 0 Å². The summed E-state index contributed by atoms with van der Waals surface area (Å²) in [5.74, 6) is 1.01. The molecule has 0 saturated carbocycles. The van der Waals surface area contributed by atoms with Crippen LogP contribution in [0.3, 0.4) is 0 Å². The van der Waals surface area contributed by atoms with E-state index in [4.69, 9.17) is 4.74 Å². The number of morpholine rings is 1. The molecule has 1 fully saturated rings. The van der Waals surface area contributed by atoms with Gasteiger partial charge in [-0.1, -0.05) is 0 Å². The van der Waals surface area contributed by atoms with Gasteiger partial charge in [-0.05, 0) is 41.9 Å². The average molecular weight is 271 g/mol. The summed E-state index contributed by atoms with van der Waals surface area (Å²) in [6.45, 7) is 6.75. The first-order valence-corrected chi connectivity index (χ1v) is 5.87. The number of aromatic nitrogens is 1. The molecule has 2 heterocycles. The number of rotatable bonds is 1. The zero-order chi connectivity index (χ0) is 10.9. The van der Waals surface area contributed by atoms with Crippen molar-refractivity contribution >= 4 is 21.7 Å². The van der Waals surface area contributed by atoms with Gasteiger partial charge in [-0.3, -0.25) is 0 Å². The van der Waals surface area contributed by atoms with Crippen molar-refractivity contribution in [3.8, 4) is 0 Å². The first-order valence-electron chi connectivity index (χ1n) is 5.08. The molecular formula is C11H15BrN2O. The normalized spacial score (nSPS) is 20.3. The van der Waals surface area contributed by atoms with Crippen molar-refractivity contribution in [2.75, 3.05) is 24.6 Å². The standard InChI is InChI=1S/C11H15BrN2O/c1-11(2)8-14(6-7-15-11)10-9(12)4-3-5-13-10/h3-5H,6-8H2,1-2H3. The van der Waals surface area contributed by atoms with E-state index in [0.717, 1.165) is 30.0 Å². The van der Waals surface area contributed by atoms with Gasteiger partial charge in [0.2, 0.25) is 0 Å². The Bertz CT molecular complexity index is 354. The predicted octanol–water partition coefficient (Wildman–Crippen LogP) is 2.46. The molecule has 2 rings (SSSR count). The largest absolute Gasteiger partial charge is 0.372 e. The minimum atomic E-state index is -0.0881. The zero-order valence-electron chi connectivity index (χ0n) is 9.03. The number of anilines is 1. The molecule has 0 bridgehead atoms. The van der Waals surface area contributed by atoms with Crippen LogP contribution in [0, 0.1) is 0 Å². The van der Waals surface area contributed by atoms with Crippen molar-refractivity contribution < 1.29 is 4.74 Å². The van der Waals surface area contributed by atoms with Crippen molar-refractivity contribution in [2.45, 2.75) is 19.4 Å². The number of ether oxygens (including phenoxy) is 1. The molecule has 0 aliphatic carbocycles. The maximum atomic E-state index is 5.67. The third-order valence-corrected chi connectivity index (χ3v) is 3.08. The van der Waals surface area contributed by atoms with Gasteiger partial charge in [0.1, 0.15) is 5.82 Å². The number of nitrogens with zero attached hydrogens (tertiary/aromatic N) is 2. The van der Waals surface area contributed by atoms with Gasteiger partial charge in [-0.25, -0.2) is 4.98 Å². The van der Waals surface area contributed by atoms with E-state index in [1.807, 2.05) is 18.3 Å². The summed E-state index contributed by atoms with van der Waals surface area (Å²) in [4.78, 5) is 6.65. The van der Waals surface area contributed by atoms with Crippen molar-refractivity contribution in [3.05, 3.63) is 22.8 Å². The Kier molecular flexibility index (Phi) is 2.98. The molecule has 0 unspecified atom stereocenters. The van der Waals surface area contributed by atoms with E-state index in [1.165, 1.54) is 0 Å². The highest BCUT2D eigenvalue weighted by Gasteiger charge is 2.28. The van der Waals surface area contributed by atoms with E-state index in [0.29, 0.717) is 0 Å². The van der Waals surface area contributed by atoms with Crippen LogP contribution in [-0.4, -0.2) is 30.3 Å². The maximum absolute atomic E-state index is 5.67. The second-order valence-corrected chi connectivity index (χ2v) is 5.19. The van der Waals surface area contributed by atoms with E-state index in [9.17, 15) is 0 Å². The lowest BCUT2D eigenvalue weighted by molar-refractivity contribution is -0.0279. The van der Waals surface area contributed by atoms with Crippen molar-refractivity contribution in [3.63, 3.8) is 0 Å². The highest BCUT2D eigenvalue weighted by atomic mass is 79.9. The summed E-state index contributed by atoms with van der Waals surface area (Å²) < 4.78 is 6.72. The molecule has 0 radical (unpaired) electrons. The van der Waals surface area contributed by atoms with Crippen LogP contribution in [-0.2, 0) is 4.74 Å². The molecular weight excluding hydrogens is 256 g/mol. The molecule has 0 atom stereocenters. The fourth-order valence-electron chi connectivity index (χ4n) is 1.81. The van der Waals surface area contributed by atoms with Gasteiger partial charge >= 0.3 is 0 Å². The predicted molar refractivity (Wildman–Crippen MR) is 64.2 cm³/mol. The Hall–Kier alpha value is -0.610. The minimum absolute atomic E-state index is 0.0881. The topological polar surface area (TPSA) is 25.4 Å². The maximum Gasteiger partial charge on any atom is 0.143 e. The van der Waals surface area contributed by atoms with Crippen molar-refractivity contribution in [1.29, 1.82) is 0 Å². The van der Waals surface area contributed by atoms with Gasteiger partial charge in [0.05, 0.1) is 16.7 Å². The Labute approximate surface area is 98.6 Å².